The van der Waals surface area contributed by atoms with Crippen molar-refractivity contribution >= 4 is 52.4 Å². The van der Waals surface area contributed by atoms with Crippen LogP contribution in [0.5, 0.6) is 0 Å². The largest absolute Gasteiger partial charge is 0.481 e. The minimum Gasteiger partial charge on any atom is -0.481 e. The highest BCUT2D eigenvalue weighted by Crippen LogP contribution is 2.21. The normalized spacial score (nSPS) is 14.4. The van der Waals surface area contributed by atoms with Crippen molar-refractivity contribution in [1.29, 1.82) is 0 Å². The number of carbonyl (C=O) groups is 7. The first-order valence-electron chi connectivity index (χ1n) is 13.7. The third kappa shape index (κ3) is 10.5. The maximum Gasteiger partial charge on any atom is 0.342 e. The van der Waals surface area contributed by atoms with Gasteiger partial charge in [-0.05, 0) is 24.5 Å². The highest BCUT2D eigenvalue weighted by Gasteiger charge is 2.37. The summed E-state index contributed by atoms with van der Waals surface area (Å²) in [5.74, 6) is -9.14. The average Bonchev–Trinajstić information content (AvgIpc) is 2.95. The fourth-order valence-corrected chi connectivity index (χ4v) is 4.09. The number of hydrogen-bond acceptors (Lipinski definition) is 11. The molecule has 0 saturated heterocycles. The summed E-state index contributed by atoms with van der Waals surface area (Å²) in [6, 6.07) is -0.995. The molecule has 3 amide bonds. The fraction of sp³-hybridized carbons (Fsp3) is 0.429. The van der Waals surface area contributed by atoms with Gasteiger partial charge in [-0.1, -0.05) is 32.0 Å². The van der Waals surface area contributed by atoms with E-state index < -0.39 is 114 Å². The van der Waals surface area contributed by atoms with E-state index in [1.54, 1.807) is 26.0 Å². The molecular weight excluding hydrogens is 598 g/mol. The minimum absolute atomic E-state index is 0.109. The van der Waals surface area contributed by atoms with Crippen LogP contribution in [0.4, 0.5) is 0 Å². The molecule has 0 radical (unpaired) electrons. The first-order chi connectivity index (χ1) is 21.0. The lowest BCUT2D eigenvalue weighted by Gasteiger charge is -2.27. The lowest BCUT2D eigenvalue weighted by atomic mass is 9.94. The molecule has 2 rings (SSSR count). The highest BCUT2D eigenvalue weighted by atomic mass is 16.4. The minimum atomic E-state index is -1.99. The van der Waals surface area contributed by atoms with E-state index in [1.807, 2.05) is 0 Å². The average molecular weight is 634 g/mol. The number of hydrogen-bond donors (Lipinski definition) is 8. The van der Waals surface area contributed by atoms with E-state index in [9.17, 15) is 48.6 Å². The number of Topliss-reactive ketones (excluding diaryl/α,β-unsaturated/α-hetero) is 1. The fourth-order valence-electron chi connectivity index (χ4n) is 4.09. The Hall–Kier alpha value is -5.16. The van der Waals surface area contributed by atoms with Crippen LogP contribution < -0.4 is 33.0 Å². The molecule has 0 aliphatic carbocycles. The summed E-state index contributed by atoms with van der Waals surface area (Å²) >= 11 is 0. The predicted octanol–water partition coefficient (Wildman–Crippen LogP) is -1.39. The number of para-hydroxylation sites is 1. The molecule has 2 aromatic rings. The summed E-state index contributed by atoms with van der Waals surface area (Å²) in [6.07, 6.45) is -3.07. The lowest BCUT2D eigenvalue weighted by molar-refractivity contribution is -0.141. The molecule has 5 atom stereocenters. The Kier molecular flexibility index (Phi) is 12.9. The topological polar surface area (TPSA) is 299 Å². The van der Waals surface area contributed by atoms with E-state index in [0.717, 1.165) is 0 Å². The van der Waals surface area contributed by atoms with Gasteiger partial charge in [0.1, 0.15) is 17.7 Å². The van der Waals surface area contributed by atoms with Gasteiger partial charge in [-0.25, -0.2) is 4.79 Å². The van der Waals surface area contributed by atoms with Gasteiger partial charge in [0.2, 0.25) is 17.7 Å². The summed E-state index contributed by atoms with van der Waals surface area (Å²) in [5, 5.41) is 34.5. The molecule has 17 nitrogen and oxygen atoms in total. The van der Waals surface area contributed by atoms with Crippen molar-refractivity contribution in [1.82, 2.24) is 16.0 Å². The van der Waals surface area contributed by atoms with Crippen molar-refractivity contribution in [3.05, 3.63) is 46.3 Å². The third-order valence-corrected chi connectivity index (χ3v) is 6.62. The smallest absolute Gasteiger partial charge is 0.342 e. The number of fused-ring (bicyclic) bond motifs is 1. The Bertz CT molecular complexity index is 1520. The van der Waals surface area contributed by atoms with Gasteiger partial charge in [-0.3, -0.25) is 33.6 Å². The van der Waals surface area contributed by atoms with Gasteiger partial charge in [0.05, 0.1) is 36.5 Å². The van der Waals surface area contributed by atoms with Crippen molar-refractivity contribution in [2.24, 2.45) is 17.4 Å². The van der Waals surface area contributed by atoms with Crippen LogP contribution >= 0.6 is 0 Å². The van der Waals surface area contributed by atoms with Gasteiger partial charge in [0.25, 0.3) is 0 Å². The number of nitrogens with one attached hydrogen (secondary N) is 3. The summed E-state index contributed by atoms with van der Waals surface area (Å²) in [7, 11) is 0. The summed E-state index contributed by atoms with van der Waals surface area (Å²) in [6.45, 7) is 3.22. The van der Waals surface area contributed by atoms with Crippen molar-refractivity contribution in [3.63, 3.8) is 0 Å². The van der Waals surface area contributed by atoms with E-state index in [2.05, 4.69) is 16.0 Å². The molecule has 0 bridgehead atoms. The van der Waals surface area contributed by atoms with Crippen LogP contribution in [0.2, 0.25) is 0 Å². The number of rotatable bonds is 17. The Morgan fingerprint density at radius 3 is 1.98 bits per heavy atom. The zero-order valence-electron chi connectivity index (χ0n) is 24.3. The molecule has 17 heteroatoms. The van der Waals surface area contributed by atoms with E-state index in [1.165, 1.54) is 18.2 Å². The Labute approximate surface area is 255 Å². The molecule has 45 heavy (non-hydrogen) atoms. The van der Waals surface area contributed by atoms with Crippen LogP contribution in [0.1, 0.15) is 51.1 Å². The molecule has 0 spiro atoms. The van der Waals surface area contributed by atoms with Gasteiger partial charge in [0, 0.05) is 11.8 Å². The number of amides is 3. The van der Waals surface area contributed by atoms with Crippen molar-refractivity contribution in [2.75, 3.05) is 0 Å². The number of aliphatic carboxylic acids is 3. The van der Waals surface area contributed by atoms with Crippen LogP contribution in [0.3, 0.4) is 0 Å². The van der Waals surface area contributed by atoms with Gasteiger partial charge in [-0.15, -0.1) is 0 Å². The Balaban J connectivity index is 2.61. The predicted molar refractivity (Wildman–Crippen MR) is 154 cm³/mol. The van der Waals surface area contributed by atoms with Crippen LogP contribution in [0, 0.1) is 5.92 Å². The standard InChI is InChI=1S/C28H35N5O12/c1-12(2)22(30)27(43)32-17(11-21(38)39)26(42)33-23(14-9-13-5-3-4-6-18(13)45-28(14)44)24(40)16(7-8-19(34)35)31-25(41)15(29)10-20(36)37/h3-6,9,12,15-17,22-23H,7-8,10-11,29-30H2,1-2H3,(H,31,41)(H,32,43)(H,33,42)(H,34,35)(H,36,37)(H,38,39)/t15-,16-,17-,22-,23?/m0/s1. The number of carboxylic acid groups (broad SMARTS) is 3. The Morgan fingerprint density at radius 1 is 0.800 bits per heavy atom. The third-order valence-electron chi connectivity index (χ3n) is 6.62. The number of nitrogens with two attached hydrogens (primary N) is 2. The Morgan fingerprint density at radius 2 is 1.40 bits per heavy atom. The van der Waals surface area contributed by atoms with Crippen LogP contribution in [-0.4, -0.2) is 80.9 Å². The highest BCUT2D eigenvalue weighted by molar-refractivity contribution is 5.99. The molecule has 10 N–H and O–H groups in total. The zero-order chi connectivity index (χ0) is 34.0. The molecule has 0 saturated carbocycles. The molecular formula is C28H35N5O12. The second-order valence-corrected chi connectivity index (χ2v) is 10.5. The molecule has 0 aliphatic rings. The second-order valence-electron chi connectivity index (χ2n) is 10.5. The number of carboxylic acids is 3. The van der Waals surface area contributed by atoms with Crippen LogP contribution in [0.25, 0.3) is 11.0 Å². The van der Waals surface area contributed by atoms with Crippen molar-refractivity contribution in [2.45, 2.75) is 69.7 Å². The van der Waals surface area contributed by atoms with Gasteiger partial charge in [0.15, 0.2) is 5.78 Å². The van der Waals surface area contributed by atoms with Crippen LogP contribution in [-0.2, 0) is 33.6 Å². The monoisotopic (exact) mass is 633 g/mol. The number of ketones is 1. The van der Waals surface area contributed by atoms with Crippen molar-refractivity contribution < 1.29 is 53.3 Å². The van der Waals surface area contributed by atoms with E-state index in [-0.39, 0.29) is 5.58 Å². The molecule has 1 aromatic heterocycles. The quantitative estimate of drug-likeness (QED) is 0.0931. The van der Waals surface area contributed by atoms with Crippen LogP contribution in [0.15, 0.2) is 39.5 Å². The van der Waals surface area contributed by atoms with Gasteiger partial charge < -0.3 is 47.2 Å². The summed E-state index contributed by atoms with van der Waals surface area (Å²) in [4.78, 5) is 99.6. The van der Waals surface area contributed by atoms with E-state index >= 15 is 0 Å². The van der Waals surface area contributed by atoms with Crippen molar-refractivity contribution in [3.8, 4) is 0 Å². The molecule has 244 valence electrons. The first kappa shape index (κ1) is 36.0. The maximum absolute atomic E-state index is 13.9. The van der Waals surface area contributed by atoms with Gasteiger partial charge >= 0.3 is 23.5 Å². The molecule has 1 heterocycles. The number of benzene rings is 1. The maximum atomic E-state index is 13.9. The van der Waals surface area contributed by atoms with E-state index in [4.69, 9.17) is 21.0 Å². The number of carbonyl (C=O) groups excluding carboxylic acids is 4. The van der Waals surface area contributed by atoms with E-state index in [0.29, 0.717) is 5.39 Å². The summed E-state index contributed by atoms with van der Waals surface area (Å²) < 4.78 is 5.29. The first-order valence-corrected chi connectivity index (χ1v) is 13.7. The molecule has 1 unspecified atom stereocenters. The van der Waals surface area contributed by atoms with Gasteiger partial charge in [-0.2, -0.15) is 0 Å². The summed E-state index contributed by atoms with van der Waals surface area (Å²) in [5.41, 5.74) is 9.93. The molecule has 1 aromatic carbocycles. The molecule has 0 fully saturated rings. The molecule has 0 aliphatic heterocycles. The zero-order valence-corrected chi connectivity index (χ0v) is 24.3. The SMILES string of the molecule is CC(C)[C@H](N)C(=O)N[C@@H](CC(=O)O)C(=O)NC(C(=O)[C@H](CCC(=O)O)NC(=O)[C@@H](N)CC(=O)O)c1cc2ccccc2oc1=O. The lowest BCUT2D eigenvalue weighted by Crippen LogP contribution is -2.56. The second kappa shape index (κ2) is 16.1.